The summed E-state index contributed by atoms with van der Waals surface area (Å²) in [7, 11) is 0. The molecule has 88 valence electrons. The standard InChI is InChI=1S/C10H13BrN2O2S/c11-7-5-8(16-6-7)9(10(14)15)13-3-1-12-2-4-13/h5-6,9,12H,1-4H2,(H,14,15). The fourth-order valence-corrected chi connectivity index (χ4v) is 3.44. The first-order valence-corrected chi connectivity index (χ1v) is 6.77. The number of thiophene rings is 1. The Morgan fingerprint density at radius 3 is 2.75 bits per heavy atom. The second-order valence-corrected chi connectivity index (χ2v) is 5.55. The van der Waals surface area contributed by atoms with Gasteiger partial charge in [-0.25, -0.2) is 0 Å². The van der Waals surface area contributed by atoms with Crippen molar-refractivity contribution in [1.82, 2.24) is 10.2 Å². The van der Waals surface area contributed by atoms with Crippen molar-refractivity contribution in [2.24, 2.45) is 0 Å². The lowest BCUT2D eigenvalue weighted by Crippen LogP contribution is -2.46. The summed E-state index contributed by atoms with van der Waals surface area (Å²) in [4.78, 5) is 14.2. The number of hydrogen-bond acceptors (Lipinski definition) is 4. The number of nitrogens with zero attached hydrogens (tertiary/aromatic N) is 1. The minimum atomic E-state index is -0.767. The molecule has 1 unspecified atom stereocenters. The van der Waals surface area contributed by atoms with E-state index in [0.29, 0.717) is 0 Å². The van der Waals surface area contributed by atoms with Gasteiger partial charge < -0.3 is 10.4 Å². The van der Waals surface area contributed by atoms with Crippen molar-refractivity contribution < 1.29 is 9.90 Å². The minimum absolute atomic E-state index is 0.501. The molecule has 4 nitrogen and oxygen atoms in total. The summed E-state index contributed by atoms with van der Waals surface area (Å²) in [6.45, 7) is 3.28. The van der Waals surface area contributed by atoms with Gasteiger partial charge in [-0.05, 0) is 22.0 Å². The molecule has 1 saturated heterocycles. The van der Waals surface area contributed by atoms with Gasteiger partial charge in [0.1, 0.15) is 6.04 Å². The zero-order valence-electron chi connectivity index (χ0n) is 8.65. The number of halogens is 1. The molecule has 1 aliphatic heterocycles. The van der Waals surface area contributed by atoms with Crippen molar-refractivity contribution in [3.63, 3.8) is 0 Å². The highest BCUT2D eigenvalue weighted by molar-refractivity contribution is 9.10. The van der Waals surface area contributed by atoms with E-state index in [2.05, 4.69) is 21.2 Å². The third-order valence-electron chi connectivity index (χ3n) is 2.61. The van der Waals surface area contributed by atoms with Crippen LogP contribution in [0.2, 0.25) is 0 Å². The lowest BCUT2D eigenvalue weighted by molar-refractivity contribution is -0.143. The predicted molar refractivity (Wildman–Crippen MR) is 66.8 cm³/mol. The van der Waals surface area contributed by atoms with E-state index in [0.717, 1.165) is 35.5 Å². The molecule has 0 aliphatic carbocycles. The highest BCUT2D eigenvalue weighted by atomic mass is 79.9. The van der Waals surface area contributed by atoms with Crippen LogP contribution in [0, 0.1) is 0 Å². The second-order valence-electron chi connectivity index (χ2n) is 3.69. The molecule has 1 fully saturated rings. The van der Waals surface area contributed by atoms with Crippen molar-refractivity contribution >= 4 is 33.2 Å². The van der Waals surface area contributed by atoms with Gasteiger partial charge in [-0.1, -0.05) is 0 Å². The van der Waals surface area contributed by atoms with Crippen molar-refractivity contribution in [3.05, 3.63) is 20.8 Å². The van der Waals surface area contributed by atoms with Crippen molar-refractivity contribution in [2.75, 3.05) is 26.2 Å². The number of hydrogen-bond donors (Lipinski definition) is 2. The molecule has 2 N–H and O–H groups in total. The van der Waals surface area contributed by atoms with Gasteiger partial charge in [-0.15, -0.1) is 11.3 Å². The van der Waals surface area contributed by atoms with Crippen LogP contribution in [0.25, 0.3) is 0 Å². The van der Waals surface area contributed by atoms with Crippen LogP contribution in [-0.2, 0) is 4.79 Å². The van der Waals surface area contributed by atoms with E-state index >= 15 is 0 Å². The molecular formula is C10H13BrN2O2S. The molecule has 2 rings (SSSR count). The van der Waals surface area contributed by atoms with E-state index in [9.17, 15) is 9.90 Å². The lowest BCUT2D eigenvalue weighted by Gasteiger charge is -2.31. The highest BCUT2D eigenvalue weighted by Gasteiger charge is 2.29. The second kappa shape index (κ2) is 5.27. The molecule has 2 heterocycles. The predicted octanol–water partition coefficient (Wildman–Crippen LogP) is 1.54. The zero-order valence-corrected chi connectivity index (χ0v) is 11.1. The Bertz CT molecular complexity index is 377. The molecular weight excluding hydrogens is 292 g/mol. The molecule has 0 amide bonds. The number of carbonyl (C=O) groups is 1. The van der Waals surface area contributed by atoms with Gasteiger partial charge in [-0.2, -0.15) is 0 Å². The number of nitrogens with one attached hydrogen (secondary N) is 1. The van der Waals surface area contributed by atoms with Crippen molar-refractivity contribution in [2.45, 2.75) is 6.04 Å². The number of carboxylic acid groups (broad SMARTS) is 1. The van der Waals surface area contributed by atoms with Crippen LogP contribution in [0.4, 0.5) is 0 Å². The van der Waals surface area contributed by atoms with E-state index in [1.165, 1.54) is 11.3 Å². The summed E-state index contributed by atoms with van der Waals surface area (Å²) >= 11 is 4.85. The lowest BCUT2D eigenvalue weighted by atomic mass is 10.2. The Kier molecular flexibility index (Phi) is 3.96. The maximum Gasteiger partial charge on any atom is 0.326 e. The normalized spacial score (nSPS) is 19.6. The fraction of sp³-hybridized carbons (Fsp3) is 0.500. The third-order valence-corrected chi connectivity index (χ3v) is 4.35. The van der Waals surface area contributed by atoms with Gasteiger partial charge in [0, 0.05) is 40.9 Å². The third kappa shape index (κ3) is 2.63. The summed E-state index contributed by atoms with van der Waals surface area (Å²) < 4.78 is 0.953. The topological polar surface area (TPSA) is 52.6 Å². The maximum atomic E-state index is 11.3. The largest absolute Gasteiger partial charge is 0.480 e. The van der Waals surface area contributed by atoms with Gasteiger partial charge in [-0.3, -0.25) is 9.69 Å². The molecule has 0 aromatic carbocycles. The molecule has 0 bridgehead atoms. The number of carboxylic acids is 1. The van der Waals surface area contributed by atoms with Crippen LogP contribution in [0.5, 0.6) is 0 Å². The summed E-state index contributed by atoms with van der Waals surface area (Å²) in [5.41, 5.74) is 0. The maximum absolute atomic E-state index is 11.3. The zero-order chi connectivity index (χ0) is 11.5. The van der Waals surface area contributed by atoms with E-state index in [1.54, 1.807) is 0 Å². The van der Waals surface area contributed by atoms with Crippen LogP contribution in [0.3, 0.4) is 0 Å². The fourth-order valence-electron chi connectivity index (χ4n) is 1.87. The molecule has 0 saturated carbocycles. The summed E-state index contributed by atoms with van der Waals surface area (Å²) in [6, 6.07) is 1.39. The number of aliphatic carboxylic acids is 1. The Balaban J connectivity index is 2.19. The van der Waals surface area contributed by atoms with Crippen molar-refractivity contribution in [1.29, 1.82) is 0 Å². The molecule has 1 aromatic heterocycles. The Morgan fingerprint density at radius 1 is 1.56 bits per heavy atom. The van der Waals surface area contributed by atoms with E-state index in [-0.39, 0.29) is 0 Å². The molecule has 1 atom stereocenters. The number of rotatable bonds is 3. The van der Waals surface area contributed by atoms with Crippen LogP contribution in [-0.4, -0.2) is 42.2 Å². The molecule has 0 radical (unpaired) electrons. The summed E-state index contributed by atoms with van der Waals surface area (Å²) in [6.07, 6.45) is 0. The van der Waals surface area contributed by atoms with Gasteiger partial charge in [0.2, 0.25) is 0 Å². The Labute approximate surface area is 106 Å². The van der Waals surface area contributed by atoms with E-state index in [1.807, 2.05) is 16.3 Å². The Hall–Kier alpha value is -0.430. The Morgan fingerprint density at radius 2 is 2.25 bits per heavy atom. The average Bonchev–Trinajstić information content (AvgIpc) is 2.66. The minimum Gasteiger partial charge on any atom is -0.480 e. The summed E-state index contributed by atoms with van der Waals surface area (Å²) in [5, 5.41) is 14.5. The first kappa shape index (κ1) is 12.0. The molecule has 1 aliphatic rings. The quantitative estimate of drug-likeness (QED) is 0.889. The summed E-state index contributed by atoms with van der Waals surface area (Å²) in [5.74, 6) is -0.767. The van der Waals surface area contributed by atoms with E-state index in [4.69, 9.17) is 0 Å². The molecule has 0 spiro atoms. The average molecular weight is 305 g/mol. The van der Waals surface area contributed by atoms with Gasteiger partial charge in [0.05, 0.1) is 0 Å². The van der Waals surface area contributed by atoms with E-state index < -0.39 is 12.0 Å². The smallest absolute Gasteiger partial charge is 0.326 e. The van der Waals surface area contributed by atoms with Gasteiger partial charge >= 0.3 is 5.97 Å². The first-order valence-electron chi connectivity index (χ1n) is 5.10. The number of piperazine rings is 1. The first-order chi connectivity index (χ1) is 7.68. The van der Waals surface area contributed by atoms with Crippen LogP contribution < -0.4 is 5.32 Å². The SMILES string of the molecule is O=C(O)C(c1cc(Br)cs1)N1CCNCC1. The van der Waals surface area contributed by atoms with Gasteiger partial charge in [0.15, 0.2) is 0 Å². The molecule has 16 heavy (non-hydrogen) atoms. The van der Waals surface area contributed by atoms with Crippen LogP contribution in [0.15, 0.2) is 15.9 Å². The molecule has 1 aromatic rings. The highest BCUT2D eigenvalue weighted by Crippen LogP contribution is 2.29. The van der Waals surface area contributed by atoms with Crippen molar-refractivity contribution in [3.8, 4) is 0 Å². The molecule has 6 heteroatoms. The van der Waals surface area contributed by atoms with Crippen LogP contribution in [0.1, 0.15) is 10.9 Å². The van der Waals surface area contributed by atoms with Crippen LogP contribution >= 0.6 is 27.3 Å². The monoisotopic (exact) mass is 304 g/mol. The van der Waals surface area contributed by atoms with Gasteiger partial charge in [0.25, 0.3) is 0 Å².